The Kier molecular flexibility index (Phi) is 4.97. The largest absolute Gasteiger partial charge is 0.481 e. The Morgan fingerprint density at radius 2 is 2.12 bits per heavy atom. The number of rotatable bonds is 5. The number of alkyl halides is 1. The van der Waals surface area contributed by atoms with Crippen LogP contribution in [0, 0.1) is 0 Å². The number of carboxylic acids is 1. The molecule has 0 spiro atoms. The lowest BCUT2D eigenvalue weighted by atomic mass is 10.0. The predicted molar refractivity (Wildman–Crippen MR) is 63.3 cm³/mol. The van der Waals surface area contributed by atoms with Crippen LogP contribution in [0.15, 0.2) is 18.2 Å². The number of aliphatic carboxylic acids is 1. The molecule has 0 unspecified atom stereocenters. The summed E-state index contributed by atoms with van der Waals surface area (Å²) in [5.41, 5.74) is 1.84. The van der Waals surface area contributed by atoms with Crippen molar-refractivity contribution >= 4 is 23.5 Å². The molecule has 5 heteroatoms. The summed E-state index contributed by atoms with van der Waals surface area (Å²) in [6, 6.07) is 5.12. The Morgan fingerprint density at radius 1 is 1.41 bits per heavy atom. The lowest BCUT2D eigenvalue weighted by Gasteiger charge is -2.08. The monoisotopic (exact) mass is 256 g/mol. The molecule has 0 heterocycles. The lowest BCUT2D eigenvalue weighted by molar-refractivity contribution is -0.136. The summed E-state index contributed by atoms with van der Waals surface area (Å²) in [6.07, 6.45) is 0.270. The Bertz CT molecular complexity index is 429. The number of aryl methyl sites for hydroxylation is 1. The molecule has 0 atom stereocenters. The summed E-state index contributed by atoms with van der Waals surface area (Å²) in [5, 5.41) is 8.62. The van der Waals surface area contributed by atoms with Crippen LogP contribution < -0.4 is 0 Å². The average molecular weight is 257 g/mol. The van der Waals surface area contributed by atoms with Crippen molar-refractivity contribution in [2.75, 3.05) is 7.11 Å². The molecule has 0 amide bonds. The van der Waals surface area contributed by atoms with Crippen molar-refractivity contribution in [3.05, 3.63) is 34.9 Å². The van der Waals surface area contributed by atoms with Crippen molar-refractivity contribution in [1.29, 1.82) is 0 Å². The molecule has 0 aliphatic carbocycles. The summed E-state index contributed by atoms with van der Waals surface area (Å²) < 4.78 is 4.65. The topological polar surface area (TPSA) is 63.6 Å². The number of halogens is 1. The highest BCUT2D eigenvalue weighted by Crippen LogP contribution is 2.16. The van der Waals surface area contributed by atoms with Gasteiger partial charge in [-0.05, 0) is 23.6 Å². The van der Waals surface area contributed by atoms with Gasteiger partial charge in [-0.3, -0.25) is 4.79 Å². The molecular weight excluding hydrogens is 244 g/mol. The van der Waals surface area contributed by atoms with Crippen molar-refractivity contribution in [2.45, 2.75) is 18.7 Å². The number of hydrogen-bond donors (Lipinski definition) is 1. The van der Waals surface area contributed by atoms with Crippen LogP contribution in [-0.4, -0.2) is 24.2 Å². The van der Waals surface area contributed by atoms with Crippen LogP contribution in [0.25, 0.3) is 0 Å². The minimum atomic E-state index is -0.901. The van der Waals surface area contributed by atoms with Crippen LogP contribution in [0.5, 0.6) is 0 Å². The van der Waals surface area contributed by atoms with E-state index in [0.29, 0.717) is 23.4 Å². The summed E-state index contributed by atoms with van der Waals surface area (Å²) >= 11 is 5.68. The molecule has 0 aromatic heterocycles. The van der Waals surface area contributed by atoms with E-state index in [0.717, 1.165) is 5.56 Å². The first-order valence-corrected chi connectivity index (χ1v) is 5.59. The average Bonchev–Trinajstić information content (AvgIpc) is 2.35. The molecule has 0 aliphatic rings. The molecule has 0 saturated carbocycles. The molecule has 4 nitrogen and oxygen atoms in total. The molecular formula is C12H13ClO4. The van der Waals surface area contributed by atoms with Crippen LogP contribution in [0.3, 0.4) is 0 Å². The third-order valence-electron chi connectivity index (χ3n) is 2.34. The van der Waals surface area contributed by atoms with E-state index >= 15 is 0 Å². The fourth-order valence-electron chi connectivity index (χ4n) is 1.47. The summed E-state index contributed by atoms with van der Waals surface area (Å²) in [6.45, 7) is 0. The normalized spacial score (nSPS) is 10.0. The maximum absolute atomic E-state index is 11.5. The molecule has 0 bridgehead atoms. The lowest BCUT2D eigenvalue weighted by Crippen LogP contribution is -2.08. The Balaban J connectivity index is 3.01. The first kappa shape index (κ1) is 13.5. The number of methoxy groups -OCH3 is 1. The van der Waals surface area contributed by atoms with E-state index in [-0.39, 0.29) is 6.42 Å². The fraction of sp³-hybridized carbons (Fsp3) is 0.333. The van der Waals surface area contributed by atoms with E-state index in [1.54, 1.807) is 18.2 Å². The molecule has 1 aromatic carbocycles. The zero-order valence-electron chi connectivity index (χ0n) is 9.40. The van der Waals surface area contributed by atoms with Crippen LogP contribution in [0.2, 0.25) is 0 Å². The van der Waals surface area contributed by atoms with Gasteiger partial charge in [0, 0.05) is 12.3 Å². The molecule has 0 aliphatic heterocycles. The standard InChI is InChI=1S/C12H13ClO4/c1-17-12(16)10-6-8(7-13)2-3-9(10)4-5-11(14)15/h2-3,6H,4-5,7H2,1H3,(H,14,15). The van der Waals surface area contributed by atoms with Crippen molar-refractivity contribution in [3.63, 3.8) is 0 Å². The molecule has 1 aromatic rings. The zero-order valence-corrected chi connectivity index (χ0v) is 10.2. The third kappa shape index (κ3) is 3.75. The summed E-state index contributed by atoms with van der Waals surface area (Å²) in [5.74, 6) is -1.08. The van der Waals surface area contributed by atoms with E-state index in [4.69, 9.17) is 16.7 Å². The van der Waals surface area contributed by atoms with Gasteiger partial charge in [0.25, 0.3) is 0 Å². The molecule has 1 rings (SSSR count). The van der Waals surface area contributed by atoms with Gasteiger partial charge in [0.15, 0.2) is 0 Å². The van der Waals surface area contributed by atoms with E-state index in [1.807, 2.05) is 0 Å². The Labute approximate surface area is 104 Å². The van der Waals surface area contributed by atoms with E-state index in [9.17, 15) is 9.59 Å². The minimum absolute atomic E-state index is 0.0236. The van der Waals surface area contributed by atoms with Gasteiger partial charge >= 0.3 is 11.9 Å². The van der Waals surface area contributed by atoms with Gasteiger partial charge in [-0.2, -0.15) is 0 Å². The second-order valence-corrected chi connectivity index (χ2v) is 3.78. The van der Waals surface area contributed by atoms with E-state index < -0.39 is 11.9 Å². The Morgan fingerprint density at radius 3 is 2.65 bits per heavy atom. The maximum atomic E-state index is 11.5. The smallest absolute Gasteiger partial charge is 0.338 e. The minimum Gasteiger partial charge on any atom is -0.481 e. The highest BCUT2D eigenvalue weighted by Gasteiger charge is 2.13. The van der Waals surface area contributed by atoms with Crippen molar-refractivity contribution < 1.29 is 19.4 Å². The third-order valence-corrected chi connectivity index (χ3v) is 2.65. The van der Waals surface area contributed by atoms with Gasteiger partial charge in [0.1, 0.15) is 0 Å². The first-order valence-electron chi connectivity index (χ1n) is 5.06. The number of esters is 1. The number of ether oxygens (including phenoxy) is 1. The molecule has 17 heavy (non-hydrogen) atoms. The van der Waals surface area contributed by atoms with Crippen LogP contribution in [0.1, 0.15) is 27.9 Å². The van der Waals surface area contributed by atoms with E-state index in [2.05, 4.69) is 4.74 Å². The van der Waals surface area contributed by atoms with Crippen molar-refractivity contribution in [1.82, 2.24) is 0 Å². The molecule has 92 valence electrons. The second-order valence-electron chi connectivity index (χ2n) is 3.51. The number of hydrogen-bond acceptors (Lipinski definition) is 3. The van der Waals surface area contributed by atoms with Gasteiger partial charge in [-0.1, -0.05) is 12.1 Å². The van der Waals surface area contributed by atoms with Crippen LogP contribution in [-0.2, 0) is 21.8 Å². The zero-order chi connectivity index (χ0) is 12.8. The predicted octanol–water partition coefficient (Wildman–Crippen LogP) is 2.23. The van der Waals surface area contributed by atoms with Gasteiger partial charge in [-0.25, -0.2) is 4.79 Å². The summed E-state index contributed by atoms with van der Waals surface area (Å²) in [7, 11) is 1.29. The maximum Gasteiger partial charge on any atom is 0.338 e. The molecule has 0 fully saturated rings. The van der Waals surface area contributed by atoms with Gasteiger partial charge in [-0.15, -0.1) is 11.6 Å². The highest BCUT2D eigenvalue weighted by atomic mass is 35.5. The number of carbonyl (C=O) groups excluding carboxylic acids is 1. The van der Waals surface area contributed by atoms with Gasteiger partial charge in [0.2, 0.25) is 0 Å². The number of benzene rings is 1. The highest BCUT2D eigenvalue weighted by molar-refractivity contribution is 6.17. The first-order chi connectivity index (χ1) is 8.08. The van der Waals surface area contributed by atoms with Crippen LogP contribution >= 0.6 is 11.6 Å². The number of carboxylic acid groups (broad SMARTS) is 1. The summed E-state index contributed by atoms with van der Waals surface area (Å²) in [4.78, 5) is 22.0. The van der Waals surface area contributed by atoms with Crippen LogP contribution in [0.4, 0.5) is 0 Å². The Hall–Kier alpha value is -1.55. The number of carbonyl (C=O) groups is 2. The van der Waals surface area contributed by atoms with Gasteiger partial charge in [0.05, 0.1) is 12.7 Å². The van der Waals surface area contributed by atoms with E-state index in [1.165, 1.54) is 7.11 Å². The SMILES string of the molecule is COC(=O)c1cc(CCl)ccc1CCC(=O)O. The quantitative estimate of drug-likeness (QED) is 0.648. The molecule has 1 N–H and O–H groups in total. The second kappa shape index (κ2) is 6.25. The fourth-order valence-corrected chi connectivity index (χ4v) is 1.63. The van der Waals surface area contributed by atoms with Gasteiger partial charge < -0.3 is 9.84 Å². The van der Waals surface area contributed by atoms with Crippen molar-refractivity contribution in [2.24, 2.45) is 0 Å². The molecule has 0 radical (unpaired) electrons. The van der Waals surface area contributed by atoms with Crippen molar-refractivity contribution in [3.8, 4) is 0 Å². The molecule has 0 saturated heterocycles.